The summed E-state index contributed by atoms with van der Waals surface area (Å²) in [5, 5.41) is 0. The van der Waals surface area contributed by atoms with Gasteiger partial charge in [-0.25, -0.2) is 4.18 Å². The normalized spacial score (nSPS) is 15.1. The van der Waals surface area contributed by atoms with Crippen molar-refractivity contribution in [3.8, 4) is 0 Å². The Hall–Kier alpha value is -0.210. The first-order valence-corrected chi connectivity index (χ1v) is 3.89. The van der Waals surface area contributed by atoms with Crippen LogP contribution < -0.4 is 11.5 Å². The molecule has 0 saturated carbocycles. The highest BCUT2D eigenvalue weighted by Gasteiger charge is 2.07. The van der Waals surface area contributed by atoms with Crippen molar-refractivity contribution in [1.29, 1.82) is 0 Å². The molecule has 0 heterocycles. The molecule has 62 valence electrons. The second kappa shape index (κ2) is 3.84. The number of nitrogens with two attached hydrogens (primary N) is 2. The van der Waals surface area contributed by atoms with Crippen molar-refractivity contribution >= 4 is 10.4 Å². The minimum atomic E-state index is -4.36. The van der Waals surface area contributed by atoms with Crippen molar-refractivity contribution < 1.29 is 17.2 Å². The molecule has 5 N–H and O–H groups in total. The van der Waals surface area contributed by atoms with Crippen molar-refractivity contribution in [1.82, 2.24) is 0 Å². The van der Waals surface area contributed by atoms with Crippen LogP contribution in [0.2, 0.25) is 0 Å². The summed E-state index contributed by atoms with van der Waals surface area (Å²) in [6, 6.07) is -0.568. The fraction of sp³-hybridized carbons (Fsp3) is 1.00. The molecule has 10 heavy (non-hydrogen) atoms. The third-order valence-corrected chi connectivity index (χ3v) is 1.17. The predicted molar refractivity (Wildman–Crippen MR) is 34.5 cm³/mol. The predicted octanol–water partition coefficient (Wildman–Crippen LogP) is -1.91. The minimum absolute atomic E-state index is 0.107. The molecule has 0 rings (SSSR count). The summed E-state index contributed by atoms with van der Waals surface area (Å²) in [6.45, 7) is -0.190. The Bertz CT molecular complexity index is 177. The Labute approximate surface area is 59.1 Å². The van der Waals surface area contributed by atoms with Gasteiger partial charge in [0.15, 0.2) is 0 Å². The van der Waals surface area contributed by atoms with E-state index in [1.54, 1.807) is 0 Å². The lowest BCUT2D eigenvalue weighted by molar-refractivity contribution is 0.252. The summed E-state index contributed by atoms with van der Waals surface area (Å²) in [4.78, 5) is 0. The highest BCUT2D eigenvalue weighted by Crippen LogP contribution is 1.86. The summed E-state index contributed by atoms with van der Waals surface area (Å²) in [5.41, 5.74) is 10.2. The molecule has 0 bridgehead atoms. The van der Waals surface area contributed by atoms with Crippen LogP contribution in [0, 0.1) is 0 Å². The van der Waals surface area contributed by atoms with Gasteiger partial charge < -0.3 is 11.5 Å². The Morgan fingerprint density at radius 2 is 2.10 bits per heavy atom. The van der Waals surface area contributed by atoms with Crippen molar-refractivity contribution in [2.75, 3.05) is 13.2 Å². The molecule has 0 aromatic rings. The first-order chi connectivity index (χ1) is 4.45. The Morgan fingerprint density at radius 1 is 1.60 bits per heavy atom. The van der Waals surface area contributed by atoms with Gasteiger partial charge in [-0.3, -0.25) is 4.55 Å². The molecule has 0 aliphatic carbocycles. The zero-order chi connectivity index (χ0) is 8.20. The average Bonchev–Trinajstić information content (AvgIpc) is 1.81. The SMILES string of the molecule is NC[C@@H](N)COS(=O)(=O)O. The Balaban J connectivity index is 3.56. The van der Waals surface area contributed by atoms with Crippen LogP contribution in [-0.2, 0) is 14.6 Å². The highest BCUT2D eigenvalue weighted by atomic mass is 32.3. The van der Waals surface area contributed by atoms with Crippen LogP contribution in [0.4, 0.5) is 0 Å². The largest absolute Gasteiger partial charge is 0.397 e. The fourth-order valence-electron chi connectivity index (χ4n) is 0.241. The van der Waals surface area contributed by atoms with E-state index in [0.717, 1.165) is 0 Å². The zero-order valence-electron chi connectivity index (χ0n) is 5.23. The van der Waals surface area contributed by atoms with Gasteiger partial charge in [-0.15, -0.1) is 0 Å². The number of hydrogen-bond donors (Lipinski definition) is 3. The van der Waals surface area contributed by atoms with Gasteiger partial charge >= 0.3 is 10.4 Å². The van der Waals surface area contributed by atoms with E-state index < -0.39 is 16.4 Å². The Kier molecular flexibility index (Phi) is 3.76. The Morgan fingerprint density at radius 3 is 2.40 bits per heavy atom. The maximum Gasteiger partial charge on any atom is 0.397 e. The lowest BCUT2D eigenvalue weighted by Crippen LogP contribution is -2.35. The molecule has 0 spiro atoms. The van der Waals surface area contributed by atoms with Gasteiger partial charge in [0.1, 0.15) is 0 Å². The third-order valence-electron chi connectivity index (χ3n) is 0.734. The maximum absolute atomic E-state index is 9.89. The van der Waals surface area contributed by atoms with Crippen LogP contribution in [0.1, 0.15) is 0 Å². The van der Waals surface area contributed by atoms with Gasteiger partial charge in [-0.2, -0.15) is 8.42 Å². The van der Waals surface area contributed by atoms with E-state index in [1.807, 2.05) is 0 Å². The number of rotatable bonds is 4. The van der Waals surface area contributed by atoms with Crippen LogP contribution in [0.5, 0.6) is 0 Å². The molecular weight excluding hydrogens is 160 g/mol. The standard InChI is InChI=1S/C3H10N2O4S/c4-1-3(5)2-9-10(6,7)8/h3H,1-2,4-5H2,(H,6,7,8)/t3-/m1/s1. The van der Waals surface area contributed by atoms with Crippen LogP contribution in [0.25, 0.3) is 0 Å². The summed E-state index contributed by atoms with van der Waals surface area (Å²) >= 11 is 0. The molecule has 1 atom stereocenters. The van der Waals surface area contributed by atoms with Gasteiger partial charge in [0.05, 0.1) is 6.61 Å². The smallest absolute Gasteiger partial charge is 0.329 e. The summed E-state index contributed by atoms with van der Waals surface area (Å²) < 4.78 is 31.7. The van der Waals surface area contributed by atoms with Crippen LogP contribution in [-0.4, -0.2) is 32.2 Å². The van der Waals surface area contributed by atoms with Gasteiger partial charge in [0.25, 0.3) is 0 Å². The van der Waals surface area contributed by atoms with E-state index in [0.29, 0.717) is 0 Å². The topological polar surface area (TPSA) is 116 Å². The van der Waals surface area contributed by atoms with Gasteiger partial charge in [-0.1, -0.05) is 0 Å². The van der Waals surface area contributed by atoms with Crippen LogP contribution in [0.3, 0.4) is 0 Å². The van der Waals surface area contributed by atoms with Crippen molar-refractivity contribution in [2.24, 2.45) is 11.5 Å². The molecule has 0 radical (unpaired) electrons. The van der Waals surface area contributed by atoms with Crippen molar-refractivity contribution in [2.45, 2.75) is 6.04 Å². The maximum atomic E-state index is 9.89. The third kappa shape index (κ3) is 5.92. The number of hydrogen-bond acceptors (Lipinski definition) is 5. The van der Waals surface area contributed by atoms with Gasteiger partial charge in [-0.05, 0) is 0 Å². The van der Waals surface area contributed by atoms with E-state index in [9.17, 15) is 8.42 Å². The summed E-state index contributed by atoms with van der Waals surface area (Å²) in [6.07, 6.45) is 0. The molecule has 0 aromatic carbocycles. The molecule has 0 aromatic heterocycles. The molecule has 0 amide bonds. The van der Waals surface area contributed by atoms with Crippen molar-refractivity contribution in [3.05, 3.63) is 0 Å². The zero-order valence-corrected chi connectivity index (χ0v) is 6.04. The van der Waals surface area contributed by atoms with E-state index >= 15 is 0 Å². The summed E-state index contributed by atoms with van der Waals surface area (Å²) in [7, 11) is -4.36. The van der Waals surface area contributed by atoms with E-state index in [2.05, 4.69) is 4.18 Å². The fourth-order valence-corrected chi connectivity index (χ4v) is 0.588. The highest BCUT2D eigenvalue weighted by molar-refractivity contribution is 7.80. The lowest BCUT2D eigenvalue weighted by atomic mass is 10.3. The summed E-state index contributed by atoms with van der Waals surface area (Å²) in [5.74, 6) is 0. The molecule has 7 heteroatoms. The molecule has 0 aliphatic rings. The first kappa shape index (κ1) is 9.79. The molecule has 0 saturated heterocycles. The van der Waals surface area contributed by atoms with Crippen LogP contribution in [0.15, 0.2) is 0 Å². The van der Waals surface area contributed by atoms with Crippen molar-refractivity contribution in [3.63, 3.8) is 0 Å². The van der Waals surface area contributed by atoms with Gasteiger partial charge in [0.2, 0.25) is 0 Å². The quantitative estimate of drug-likeness (QED) is 0.424. The lowest BCUT2D eigenvalue weighted by Gasteiger charge is -2.05. The monoisotopic (exact) mass is 170 g/mol. The second-order valence-electron chi connectivity index (χ2n) is 1.71. The molecule has 0 unspecified atom stereocenters. The second-order valence-corrected chi connectivity index (χ2v) is 2.80. The molecule has 6 nitrogen and oxygen atoms in total. The average molecular weight is 170 g/mol. The van der Waals surface area contributed by atoms with Crippen LogP contribution >= 0.6 is 0 Å². The van der Waals surface area contributed by atoms with E-state index in [1.165, 1.54) is 0 Å². The molecule has 0 fully saturated rings. The molecular formula is C3H10N2O4S. The minimum Gasteiger partial charge on any atom is -0.329 e. The van der Waals surface area contributed by atoms with E-state index in [4.69, 9.17) is 16.0 Å². The van der Waals surface area contributed by atoms with Gasteiger partial charge in [0, 0.05) is 12.6 Å². The van der Waals surface area contributed by atoms with E-state index in [-0.39, 0.29) is 13.2 Å². The molecule has 0 aliphatic heterocycles. The first-order valence-electron chi connectivity index (χ1n) is 2.53.